The standard InChI is InChI=1S/C24H36N4O/c29-19-14-28(15-19)23-20-9-11-24(21(20)25-22(26-23)18-7-8-18)10-4-12-27(16-24)13-17-5-2-1-3-6-17/h17-19,29H,1-16H2. The van der Waals surface area contributed by atoms with Gasteiger partial charge in [-0.1, -0.05) is 19.3 Å². The number of aromatic nitrogens is 2. The summed E-state index contributed by atoms with van der Waals surface area (Å²) >= 11 is 0. The third-order valence-electron chi connectivity index (χ3n) is 8.36. The van der Waals surface area contributed by atoms with Gasteiger partial charge >= 0.3 is 0 Å². The number of hydrogen-bond donors (Lipinski definition) is 1. The van der Waals surface area contributed by atoms with Gasteiger partial charge in [-0.25, -0.2) is 9.97 Å². The summed E-state index contributed by atoms with van der Waals surface area (Å²) in [7, 11) is 0. The number of piperidine rings is 1. The summed E-state index contributed by atoms with van der Waals surface area (Å²) in [6.45, 7) is 5.28. The highest BCUT2D eigenvalue weighted by molar-refractivity contribution is 5.56. The molecule has 1 unspecified atom stereocenters. The molecule has 5 nitrogen and oxygen atoms in total. The van der Waals surface area contributed by atoms with E-state index in [4.69, 9.17) is 9.97 Å². The molecule has 2 saturated heterocycles. The summed E-state index contributed by atoms with van der Waals surface area (Å²) in [6, 6.07) is 0. The van der Waals surface area contributed by atoms with Gasteiger partial charge in [0.1, 0.15) is 11.6 Å². The first-order chi connectivity index (χ1) is 14.2. The molecule has 0 amide bonds. The van der Waals surface area contributed by atoms with Crippen LogP contribution in [0.4, 0.5) is 5.82 Å². The maximum absolute atomic E-state index is 9.86. The molecule has 158 valence electrons. The van der Waals surface area contributed by atoms with Crippen LogP contribution in [0.15, 0.2) is 0 Å². The quantitative estimate of drug-likeness (QED) is 0.845. The van der Waals surface area contributed by atoms with E-state index in [2.05, 4.69) is 9.80 Å². The van der Waals surface area contributed by atoms with Crippen LogP contribution in [-0.4, -0.2) is 58.8 Å². The number of aliphatic hydroxyl groups excluding tert-OH is 1. The number of nitrogens with zero attached hydrogens (tertiary/aromatic N) is 4. The molecule has 5 heteroatoms. The largest absolute Gasteiger partial charge is 0.389 e. The fourth-order valence-corrected chi connectivity index (χ4v) is 6.57. The third kappa shape index (κ3) is 3.38. The van der Waals surface area contributed by atoms with E-state index in [0.29, 0.717) is 5.92 Å². The monoisotopic (exact) mass is 396 g/mol. The molecule has 0 radical (unpaired) electrons. The molecule has 1 atom stereocenters. The summed E-state index contributed by atoms with van der Waals surface area (Å²) in [5, 5.41) is 9.86. The van der Waals surface area contributed by atoms with Gasteiger partial charge in [-0.3, -0.25) is 0 Å². The lowest BCUT2D eigenvalue weighted by atomic mass is 9.77. The van der Waals surface area contributed by atoms with Crippen LogP contribution in [-0.2, 0) is 11.8 Å². The van der Waals surface area contributed by atoms with E-state index in [1.165, 1.54) is 101 Å². The van der Waals surface area contributed by atoms with E-state index in [-0.39, 0.29) is 11.5 Å². The molecular formula is C24H36N4O. The van der Waals surface area contributed by atoms with Crippen LogP contribution in [0.1, 0.15) is 87.2 Å². The van der Waals surface area contributed by atoms with E-state index >= 15 is 0 Å². The number of rotatable bonds is 4. The van der Waals surface area contributed by atoms with Gasteiger partial charge in [-0.15, -0.1) is 0 Å². The number of hydrogen-bond acceptors (Lipinski definition) is 5. The minimum absolute atomic E-state index is 0.180. The minimum atomic E-state index is -0.180. The summed E-state index contributed by atoms with van der Waals surface area (Å²) in [5.41, 5.74) is 3.08. The fraction of sp³-hybridized carbons (Fsp3) is 0.833. The number of fused-ring (bicyclic) bond motifs is 2. The molecule has 3 aliphatic carbocycles. The van der Waals surface area contributed by atoms with Crippen LogP contribution in [0.3, 0.4) is 0 Å². The van der Waals surface area contributed by atoms with Crippen LogP contribution in [0, 0.1) is 5.92 Å². The number of likely N-dealkylation sites (tertiary alicyclic amines) is 1. The highest BCUT2D eigenvalue weighted by Gasteiger charge is 2.47. The molecule has 1 aromatic heterocycles. The normalized spacial score (nSPS) is 31.3. The number of β-amino-alcohol motifs (C(OH)–C–C–N with tert-alkyl or cyclic N) is 1. The van der Waals surface area contributed by atoms with Crippen molar-refractivity contribution in [3.05, 3.63) is 17.1 Å². The highest BCUT2D eigenvalue weighted by Crippen LogP contribution is 2.49. The lowest BCUT2D eigenvalue weighted by Crippen LogP contribution is -2.52. The van der Waals surface area contributed by atoms with Gasteiger partial charge in [0.15, 0.2) is 0 Å². The predicted molar refractivity (Wildman–Crippen MR) is 114 cm³/mol. The smallest absolute Gasteiger partial charge is 0.135 e. The Balaban J connectivity index is 1.29. The van der Waals surface area contributed by atoms with E-state index < -0.39 is 0 Å². The molecule has 2 aliphatic heterocycles. The molecule has 29 heavy (non-hydrogen) atoms. The first kappa shape index (κ1) is 18.6. The van der Waals surface area contributed by atoms with E-state index in [1.807, 2.05) is 0 Å². The highest BCUT2D eigenvalue weighted by atomic mass is 16.3. The second kappa shape index (κ2) is 7.19. The van der Waals surface area contributed by atoms with E-state index in [1.54, 1.807) is 0 Å². The second-order valence-electron chi connectivity index (χ2n) is 10.7. The van der Waals surface area contributed by atoms with Crippen LogP contribution in [0.2, 0.25) is 0 Å². The number of anilines is 1. The van der Waals surface area contributed by atoms with Crippen molar-refractivity contribution in [3.63, 3.8) is 0 Å². The molecule has 2 saturated carbocycles. The van der Waals surface area contributed by atoms with E-state index in [9.17, 15) is 5.11 Å². The van der Waals surface area contributed by atoms with Gasteiger partial charge in [-0.2, -0.15) is 0 Å². The maximum atomic E-state index is 9.86. The SMILES string of the molecule is OC1CN(c2nc(C3CC3)nc3c2CCC32CCCN(CC3CCCCC3)C2)C1. The summed E-state index contributed by atoms with van der Waals surface area (Å²) < 4.78 is 0. The van der Waals surface area contributed by atoms with Crippen LogP contribution in [0.25, 0.3) is 0 Å². The minimum Gasteiger partial charge on any atom is -0.389 e. The van der Waals surface area contributed by atoms with Gasteiger partial charge in [-0.05, 0) is 63.8 Å². The van der Waals surface area contributed by atoms with Crippen LogP contribution < -0.4 is 4.90 Å². The molecule has 1 N–H and O–H groups in total. The van der Waals surface area contributed by atoms with Crippen molar-refractivity contribution >= 4 is 5.82 Å². The molecule has 3 heterocycles. The van der Waals surface area contributed by atoms with Gasteiger partial charge in [0.05, 0.1) is 11.8 Å². The molecule has 6 rings (SSSR count). The predicted octanol–water partition coefficient (Wildman–Crippen LogP) is 3.40. The van der Waals surface area contributed by atoms with Crippen molar-refractivity contribution in [1.82, 2.24) is 14.9 Å². The van der Waals surface area contributed by atoms with Crippen molar-refractivity contribution in [3.8, 4) is 0 Å². The van der Waals surface area contributed by atoms with Gasteiger partial charge in [0, 0.05) is 43.1 Å². The zero-order valence-corrected chi connectivity index (χ0v) is 17.8. The Labute approximate surface area is 174 Å². The third-order valence-corrected chi connectivity index (χ3v) is 8.36. The lowest BCUT2D eigenvalue weighted by molar-refractivity contribution is 0.114. The Bertz CT molecular complexity index is 766. The first-order valence-corrected chi connectivity index (χ1v) is 12.3. The Morgan fingerprint density at radius 2 is 1.79 bits per heavy atom. The molecular weight excluding hydrogens is 360 g/mol. The lowest BCUT2D eigenvalue weighted by Gasteiger charge is -2.42. The molecule has 1 spiro atoms. The Morgan fingerprint density at radius 1 is 0.966 bits per heavy atom. The van der Waals surface area contributed by atoms with Crippen LogP contribution >= 0.6 is 0 Å². The molecule has 0 bridgehead atoms. The van der Waals surface area contributed by atoms with Gasteiger partial charge in [0.25, 0.3) is 0 Å². The Hall–Kier alpha value is -1.20. The molecule has 0 aromatic carbocycles. The summed E-state index contributed by atoms with van der Waals surface area (Å²) in [4.78, 5) is 15.4. The second-order valence-corrected chi connectivity index (χ2v) is 10.7. The van der Waals surface area contributed by atoms with E-state index in [0.717, 1.165) is 31.3 Å². The van der Waals surface area contributed by atoms with Crippen molar-refractivity contribution in [2.75, 3.05) is 37.6 Å². The fourth-order valence-electron chi connectivity index (χ4n) is 6.57. The summed E-state index contributed by atoms with van der Waals surface area (Å²) in [5.74, 6) is 3.78. The van der Waals surface area contributed by atoms with Gasteiger partial charge in [0.2, 0.25) is 0 Å². The Morgan fingerprint density at radius 3 is 2.55 bits per heavy atom. The average molecular weight is 397 g/mol. The van der Waals surface area contributed by atoms with Crippen LogP contribution in [0.5, 0.6) is 0 Å². The number of aliphatic hydroxyl groups is 1. The topological polar surface area (TPSA) is 52.5 Å². The average Bonchev–Trinajstić information content (AvgIpc) is 3.51. The zero-order valence-electron chi connectivity index (χ0n) is 17.8. The zero-order chi connectivity index (χ0) is 19.4. The maximum Gasteiger partial charge on any atom is 0.135 e. The first-order valence-electron chi connectivity index (χ1n) is 12.3. The molecule has 1 aromatic rings. The van der Waals surface area contributed by atoms with Crippen molar-refractivity contribution in [2.45, 2.75) is 88.1 Å². The van der Waals surface area contributed by atoms with Crippen molar-refractivity contribution in [1.29, 1.82) is 0 Å². The van der Waals surface area contributed by atoms with Gasteiger partial charge < -0.3 is 14.9 Å². The van der Waals surface area contributed by atoms with Crippen molar-refractivity contribution in [2.24, 2.45) is 5.92 Å². The molecule has 4 fully saturated rings. The molecule has 5 aliphatic rings. The van der Waals surface area contributed by atoms with Crippen molar-refractivity contribution < 1.29 is 5.11 Å². The summed E-state index contributed by atoms with van der Waals surface area (Å²) in [6.07, 6.45) is 14.5. The Kier molecular flexibility index (Phi) is 4.60.